The van der Waals surface area contributed by atoms with E-state index in [0.29, 0.717) is 30.6 Å². The van der Waals surface area contributed by atoms with Crippen molar-refractivity contribution in [2.45, 2.75) is 32.9 Å². The molecule has 2 atom stereocenters. The number of rotatable bonds is 5. The Balaban J connectivity index is 0.00000200. The topological polar surface area (TPSA) is 77.2 Å². The van der Waals surface area contributed by atoms with E-state index in [0.717, 1.165) is 18.0 Å². The van der Waals surface area contributed by atoms with E-state index < -0.39 is 0 Å². The summed E-state index contributed by atoms with van der Waals surface area (Å²) >= 11 is 1.42. The lowest BCUT2D eigenvalue weighted by Gasteiger charge is -2.21. The second-order valence-electron chi connectivity index (χ2n) is 5.17. The van der Waals surface area contributed by atoms with E-state index in [2.05, 4.69) is 24.1 Å². The normalized spacial score (nSPS) is 21.8. The molecule has 1 amide bonds. The molecule has 0 radical (unpaired) electrons. The molecule has 0 spiro atoms. The maximum atomic E-state index is 12.0. The first-order valence-corrected chi connectivity index (χ1v) is 7.54. The Hall–Kier alpha value is -0.690. The molecule has 0 saturated carbocycles. The van der Waals surface area contributed by atoms with Crippen molar-refractivity contribution < 1.29 is 9.53 Å². The maximum absolute atomic E-state index is 12.0. The number of aromatic nitrogens is 1. The second-order valence-corrected chi connectivity index (χ2v) is 6.11. The zero-order valence-corrected chi connectivity index (χ0v) is 13.4. The number of hydrogen-bond donors (Lipinski definition) is 2. The zero-order valence-electron chi connectivity index (χ0n) is 11.8. The zero-order chi connectivity index (χ0) is 13.8. The summed E-state index contributed by atoms with van der Waals surface area (Å²) in [6.07, 6.45) is 1.25. The van der Waals surface area contributed by atoms with Crippen molar-refractivity contribution in [3.8, 4) is 0 Å². The van der Waals surface area contributed by atoms with Crippen molar-refractivity contribution in [1.82, 2.24) is 10.3 Å². The standard InChI is InChI=1S/C13H21N3O2S.ClH/c1-8(2)12-9(3-4-18-12)6-15-13(17)10-7-19-11(5-14)16-10;/h7-9,12H,3-6,14H2,1-2H3,(H,15,17);1H. The minimum absolute atomic E-state index is 0. The van der Waals surface area contributed by atoms with Crippen molar-refractivity contribution in [3.05, 3.63) is 16.1 Å². The molecule has 1 aromatic heterocycles. The van der Waals surface area contributed by atoms with Crippen LogP contribution >= 0.6 is 23.7 Å². The number of carbonyl (C=O) groups is 1. The molecule has 20 heavy (non-hydrogen) atoms. The number of nitrogens with one attached hydrogen (secondary N) is 1. The van der Waals surface area contributed by atoms with E-state index in [1.165, 1.54) is 11.3 Å². The number of thiazole rings is 1. The Morgan fingerprint density at radius 1 is 1.65 bits per heavy atom. The van der Waals surface area contributed by atoms with Gasteiger partial charge in [-0.15, -0.1) is 23.7 Å². The number of hydrogen-bond acceptors (Lipinski definition) is 5. The van der Waals surface area contributed by atoms with Crippen LogP contribution in [0.5, 0.6) is 0 Å². The van der Waals surface area contributed by atoms with Gasteiger partial charge in [-0.3, -0.25) is 4.79 Å². The molecule has 1 saturated heterocycles. The van der Waals surface area contributed by atoms with Crippen molar-refractivity contribution in [1.29, 1.82) is 0 Å². The lowest BCUT2D eigenvalue weighted by molar-refractivity contribution is 0.0533. The first-order valence-electron chi connectivity index (χ1n) is 6.66. The van der Waals surface area contributed by atoms with Crippen LogP contribution in [-0.4, -0.2) is 30.1 Å². The van der Waals surface area contributed by atoms with E-state index in [-0.39, 0.29) is 24.4 Å². The average Bonchev–Trinajstić information content (AvgIpc) is 3.04. The molecule has 7 heteroatoms. The Morgan fingerprint density at radius 2 is 2.40 bits per heavy atom. The fourth-order valence-corrected chi connectivity index (χ4v) is 3.09. The number of ether oxygens (including phenoxy) is 1. The molecular formula is C13H22ClN3O2S. The van der Waals surface area contributed by atoms with Crippen molar-refractivity contribution in [3.63, 3.8) is 0 Å². The highest BCUT2D eigenvalue weighted by molar-refractivity contribution is 7.09. The summed E-state index contributed by atoms with van der Waals surface area (Å²) in [7, 11) is 0. The SMILES string of the molecule is CC(C)C1OCCC1CNC(=O)c1csc(CN)n1.Cl. The quantitative estimate of drug-likeness (QED) is 0.867. The molecule has 0 aliphatic carbocycles. The maximum Gasteiger partial charge on any atom is 0.270 e. The number of halogens is 1. The lowest BCUT2D eigenvalue weighted by atomic mass is 9.93. The van der Waals surface area contributed by atoms with E-state index in [1.807, 2.05) is 0 Å². The van der Waals surface area contributed by atoms with E-state index >= 15 is 0 Å². The average molecular weight is 320 g/mol. The molecule has 5 nitrogen and oxygen atoms in total. The van der Waals surface area contributed by atoms with Crippen LogP contribution in [0.15, 0.2) is 5.38 Å². The fraction of sp³-hybridized carbons (Fsp3) is 0.692. The monoisotopic (exact) mass is 319 g/mol. The van der Waals surface area contributed by atoms with Gasteiger partial charge in [-0.25, -0.2) is 4.98 Å². The predicted octanol–water partition coefficient (Wildman–Crippen LogP) is 1.81. The fourth-order valence-electron chi connectivity index (χ4n) is 2.43. The number of amides is 1. The van der Waals surface area contributed by atoms with Gasteiger partial charge in [-0.05, 0) is 12.3 Å². The van der Waals surface area contributed by atoms with Crippen LogP contribution in [0.4, 0.5) is 0 Å². The molecule has 0 bridgehead atoms. The van der Waals surface area contributed by atoms with Gasteiger partial charge in [-0.1, -0.05) is 13.8 Å². The van der Waals surface area contributed by atoms with Gasteiger partial charge in [0.05, 0.1) is 6.10 Å². The second kappa shape index (κ2) is 7.93. The highest BCUT2D eigenvalue weighted by Crippen LogP contribution is 2.26. The summed E-state index contributed by atoms with van der Waals surface area (Å²) in [5.74, 6) is 0.759. The van der Waals surface area contributed by atoms with Crippen molar-refractivity contribution >= 4 is 29.7 Å². The smallest absolute Gasteiger partial charge is 0.270 e. The van der Waals surface area contributed by atoms with Gasteiger partial charge in [0.15, 0.2) is 0 Å². The summed E-state index contributed by atoms with van der Waals surface area (Å²) in [5.41, 5.74) is 5.95. The molecule has 1 aliphatic rings. The van der Waals surface area contributed by atoms with Gasteiger partial charge >= 0.3 is 0 Å². The van der Waals surface area contributed by atoms with Gasteiger partial charge in [0.2, 0.25) is 0 Å². The molecule has 2 unspecified atom stereocenters. The van der Waals surface area contributed by atoms with E-state index in [9.17, 15) is 4.79 Å². The molecule has 2 rings (SSSR count). The first-order chi connectivity index (χ1) is 9.11. The first kappa shape index (κ1) is 17.4. The molecule has 3 N–H and O–H groups in total. The number of nitrogens with zero attached hydrogens (tertiary/aromatic N) is 1. The molecule has 2 heterocycles. The predicted molar refractivity (Wildman–Crippen MR) is 82.3 cm³/mol. The highest BCUT2D eigenvalue weighted by atomic mass is 35.5. The lowest BCUT2D eigenvalue weighted by Crippen LogP contribution is -2.35. The van der Waals surface area contributed by atoms with Crippen LogP contribution < -0.4 is 11.1 Å². The van der Waals surface area contributed by atoms with E-state index in [4.69, 9.17) is 10.5 Å². The summed E-state index contributed by atoms with van der Waals surface area (Å²) in [4.78, 5) is 16.1. The van der Waals surface area contributed by atoms with Crippen LogP contribution in [0.2, 0.25) is 0 Å². The van der Waals surface area contributed by atoms with Crippen molar-refractivity contribution in [2.24, 2.45) is 17.6 Å². The van der Waals surface area contributed by atoms with E-state index in [1.54, 1.807) is 5.38 Å². The van der Waals surface area contributed by atoms with Gasteiger partial charge in [0.25, 0.3) is 5.91 Å². The Labute approximate surface area is 129 Å². The molecule has 1 aliphatic heterocycles. The number of carbonyl (C=O) groups excluding carboxylic acids is 1. The van der Waals surface area contributed by atoms with Crippen LogP contribution in [0, 0.1) is 11.8 Å². The van der Waals surface area contributed by atoms with Crippen LogP contribution in [0.25, 0.3) is 0 Å². The molecule has 1 aromatic rings. The van der Waals surface area contributed by atoms with Gasteiger partial charge in [0, 0.05) is 31.0 Å². The third kappa shape index (κ3) is 4.15. The molecular weight excluding hydrogens is 298 g/mol. The van der Waals surface area contributed by atoms with Crippen molar-refractivity contribution in [2.75, 3.05) is 13.2 Å². The minimum atomic E-state index is -0.120. The van der Waals surface area contributed by atoms with Crippen LogP contribution in [0.3, 0.4) is 0 Å². The number of nitrogens with two attached hydrogens (primary N) is 1. The largest absolute Gasteiger partial charge is 0.378 e. The summed E-state index contributed by atoms with van der Waals surface area (Å²) < 4.78 is 5.71. The summed E-state index contributed by atoms with van der Waals surface area (Å²) in [5, 5.41) is 5.49. The van der Waals surface area contributed by atoms with Crippen LogP contribution in [-0.2, 0) is 11.3 Å². The van der Waals surface area contributed by atoms with Gasteiger partial charge < -0.3 is 15.8 Å². The Bertz CT molecular complexity index is 439. The Morgan fingerprint density at radius 3 is 3.00 bits per heavy atom. The third-order valence-corrected chi connectivity index (χ3v) is 4.28. The van der Waals surface area contributed by atoms with Gasteiger partial charge in [0.1, 0.15) is 10.7 Å². The molecule has 1 fully saturated rings. The highest BCUT2D eigenvalue weighted by Gasteiger charge is 2.30. The summed E-state index contributed by atoms with van der Waals surface area (Å²) in [6.45, 7) is 6.12. The Kier molecular flexibility index (Phi) is 6.88. The molecule has 114 valence electrons. The van der Waals surface area contributed by atoms with Crippen LogP contribution in [0.1, 0.15) is 35.8 Å². The summed E-state index contributed by atoms with van der Waals surface area (Å²) in [6, 6.07) is 0. The van der Waals surface area contributed by atoms with Gasteiger partial charge in [-0.2, -0.15) is 0 Å². The third-order valence-electron chi connectivity index (χ3n) is 3.40. The molecule has 0 aromatic carbocycles. The minimum Gasteiger partial charge on any atom is -0.378 e.